The summed E-state index contributed by atoms with van der Waals surface area (Å²) >= 11 is 9.55. The molecular formula is C14H13BrClN. The SMILES string of the molecule is CC(N)(c1cccc(Cl)c1)c1ccccc1Br. The maximum absolute atomic E-state index is 6.44. The first-order valence-corrected chi connectivity index (χ1v) is 6.49. The summed E-state index contributed by atoms with van der Waals surface area (Å²) in [4.78, 5) is 0. The Morgan fingerprint density at radius 1 is 1.12 bits per heavy atom. The van der Waals surface area contributed by atoms with Gasteiger partial charge in [0.2, 0.25) is 0 Å². The summed E-state index contributed by atoms with van der Waals surface area (Å²) in [6.07, 6.45) is 0. The summed E-state index contributed by atoms with van der Waals surface area (Å²) in [5, 5.41) is 0.700. The van der Waals surface area contributed by atoms with Crippen LogP contribution in [0.3, 0.4) is 0 Å². The fraction of sp³-hybridized carbons (Fsp3) is 0.143. The lowest BCUT2D eigenvalue weighted by Crippen LogP contribution is -2.34. The van der Waals surface area contributed by atoms with Gasteiger partial charge in [-0.25, -0.2) is 0 Å². The molecule has 2 aromatic carbocycles. The van der Waals surface area contributed by atoms with Gasteiger partial charge in [0.05, 0.1) is 5.54 Å². The van der Waals surface area contributed by atoms with Crippen LogP contribution in [0.5, 0.6) is 0 Å². The van der Waals surface area contributed by atoms with E-state index in [1.807, 2.05) is 55.5 Å². The van der Waals surface area contributed by atoms with Crippen molar-refractivity contribution in [1.29, 1.82) is 0 Å². The third-order valence-electron chi connectivity index (χ3n) is 2.86. The maximum Gasteiger partial charge on any atom is 0.0648 e. The van der Waals surface area contributed by atoms with Gasteiger partial charge in [-0.15, -0.1) is 0 Å². The molecule has 0 aliphatic rings. The van der Waals surface area contributed by atoms with Crippen LogP contribution in [0.15, 0.2) is 53.0 Å². The van der Waals surface area contributed by atoms with Gasteiger partial charge in [-0.1, -0.05) is 57.9 Å². The Morgan fingerprint density at radius 3 is 2.47 bits per heavy atom. The van der Waals surface area contributed by atoms with Gasteiger partial charge in [0.1, 0.15) is 0 Å². The van der Waals surface area contributed by atoms with E-state index in [0.29, 0.717) is 5.02 Å². The number of halogens is 2. The van der Waals surface area contributed by atoms with Crippen LogP contribution < -0.4 is 5.73 Å². The molecule has 0 saturated heterocycles. The highest BCUT2D eigenvalue weighted by molar-refractivity contribution is 9.10. The van der Waals surface area contributed by atoms with Crippen molar-refractivity contribution < 1.29 is 0 Å². The van der Waals surface area contributed by atoms with Gasteiger partial charge in [0, 0.05) is 9.50 Å². The van der Waals surface area contributed by atoms with E-state index in [-0.39, 0.29) is 0 Å². The molecule has 2 rings (SSSR count). The molecule has 0 aliphatic carbocycles. The van der Waals surface area contributed by atoms with E-state index in [0.717, 1.165) is 15.6 Å². The largest absolute Gasteiger partial charge is 0.318 e. The normalized spacial score (nSPS) is 14.4. The number of hydrogen-bond acceptors (Lipinski definition) is 1. The molecule has 0 spiro atoms. The molecule has 2 aromatic rings. The molecule has 0 amide bonds. The number of benzene rings is 2. The average Bonchev–Trinajstić information content (AvgIpc) is 2.29. The molecule has 0 aromatic heterocycles. The first-order chi connectivity index (χ1) is 8.01. The minimum Gasteiger partial charge on any atom is -0.318 e. The summed E-state index contributed by atoms with van der Waals surface area (Å²) in [5.41, 5.74) is 7.92. The molecule has 3 heteroatoms. The van der Waals surface area contributed by atoms with Crippen LogP contribution in [0, 0.1) is 0 Å². The highest BCUT2D eigenvalue weighted by atomic mass is 79.9. The molecule has 88 valence electrons. The second kappa shape index (κ2) is 4.81. The monoisotopic (exact) mass is 309 g/mol. The standard InChI is InChI=1S/C14H13BrClN/c1-14(17,10-5-4-6-11(16)9-10)12-7-2-3-8-13(12)15/h2-9H,17H2,1H3. The third kappa shape index (κ3) is 2.54. The molecule has 0 saturated carbocycles. The fourth-order valence-corrected chi connectivity index (χ4v) is 2.74. The first kappa shape index (κ1) is 12.6. The maximum atomic E-state index is 6.44. The Balaban J connectivity index is 2.53. The van der Waals surface area contributed by atoms with Gasteiger partial charge in [0.25, 0.3) is 0 Å². The Hall–Kier alpha value is -0.830. The summed E-state index contributed by atoms with van der Waals surface area (Å²) in [5.74, 6) is 0. The Kier molecular flexibility index (Phi) is 3.57. The minimum absolute atomic E-state index is 0.564. The fourth-order valence-electron chi connectivity index (χ4n) is 1.85. The molecule has 1 unspecified atom stereocenters. The van der Waals surface area contributed by atoms with Crippen molar-refractivity contribution in [1.82, 2.24) is 0 Å². The Bertz CT molecular complexity index is 537. The molecule has 1 nitrogen and oxygen atoms in total. The van der Waals surface area contributed by atoms with Crippen molar-refractivity contribution >= 4 is 27.5 Å². The summed E-state index contributed by atoms with van der Waals surface area (Å²) in [7, 11) is 0. The highest BCUT2D eigenvalue weighted by Crippen LogP contribution is 2.32. The minimum atomic E-state index is -0.564. The van der Waals surface area contributed by atoms with E-state index in [2.05, 4.69) is 15.9 Å². The predicted molar refractivity (Wildman–Crippen MR) is 76.2 cm³/mol. The summed E-state index contributed by atoms with van der Waals surface area (Å²) < 4.78 is 1.00. The summed E-state index contributed by atoms with van der Waals surface area (Å²) in [6, 6.07) is 15.6. The van der Waals surface area contributed by atoms with E-state index >= 15 is 0 Å². The third-order valence-corrected chi connectivity index (χ3v) is 3.78. The van der Waals surface area contributed by atoms with Crippen molar-refractivity contribution in [3.05, 3.63) is 69.2 Å². The van der Waals surface area contributed by atoms with E-state index in [1.165, 1.54) is 0 Å². The predicted octanol–water partition coefficient (Wildman–Crippen LogP) is 4.32. The quantitative estimate of drug-likeness (QED) is 0.878. The van der Waals surface area contributed by atoms with Crippen LogP contribution in [0.1, 0.15) is 18.1 Å². The van der Waals surface area contributed by atoms with Crippen molar-refractivity contribution in [2.45, 2.75) is 12.5 Å². The zero-order valence-corrected chi connectivity index (χ0v) is 11.8. The number of hydrogen-bond donors (Lipinski definition) is 1. The molecule has 17 heavy (non-hydrogen) atoms. The van der Waals surface area contributed by atoms with E-state index in [4.69, 9.17) is 17.3 Å². The second-order valence-electron chi connectivity index (χ2n) is 4.19. The smallest absolute Gasteiger partial charge is 0.0648 e. The molecular weight excluding hydrogens is 298 g/mol. The molecule has 0 fully saturated rings. The summed E-state index contributed by atoms with van der Waals surface area (Å²) in [6.45, 7) is 1.98. The van der Waals surface area contributed by atoms with E-state index in [9.17, 15) is 0 Å². The number of nitrogens with two attached hydrogens (primary N) is 1. The molecule has 0 bridgehead atoms. The van der Waals surface area contributed by atoms with Gasteiger partial charge in [-0.2, -0.15) is 0 Å². The van der Waals surface area contributed by atoms with Crippen molar-refractivity contribution in [2.24, 2.45) is 5.73 Å². The number of rotatable bonds is 2. The molecule has 0 aliphatic heterocycles. The first-order valence-electron chi connectivity index (χ1n) is 5.32. The van der Waals surface area contributed by atoms with E-state index < -0.39 is 5.54 Å². The van der Waals surface area contributed by atoms with Crippen LogP contribution >= 0.6 is 27.5 Å². The van der Waals surface area contributed by atoms with Crippen LogP contribution in [-0.4, -0.2) is 0 Å². The lowest BCUT2D eigenvalue weighted by Gasteiger charge is -2.27. The van der Waals surface area contributed by atoms with Crippen LogP contribution in [0.4, 0.5) is 0 Å². The van der Waals surface area contributed by atoms with Crippen molar-refractivity contribution in [2.75, 3.05) is 0 Å². The Labute approximate surface area is 115 Å². The van der Waals surface area contributed by atoms with Crippen LogP contribution in [0.25, 0.3) is 0 Å². The zero-order valence-electron chi connectivity index (χ0n) is 9.45. The lowest BCUT2D eigenvalue weighted by molar-refractivity contribution is 0.600. The van der Waals surface area contributed by atoms with Gasteiger partial charge >= 0.3 is 0 Å². The van der Waals surface area contributed by atoms with Gasteiger partial charge in [-0.3, -0.25) is 0 Å². The van der Waals surface area contributed by atoms with Crippen molar-refractivity contribution in [3.8, 4) is 0 Å². The Morgan fingerprint density at radius 2 is 1.82 bits per heavy atom. The highest BCUT2D eigenvalue weighted by Gasteiger charge is 2.25. The molecule has 0 radical (unpaired) electrons. The van der Waals surface area contributed by atoms with Crippen LogP contribution in [-0.2, 0) is 5.54 Å². The lowest BCUT2D eigenvalue weighted by atomic mass is 9.86. The molecule has 1 atom stereocenters. The topological polar surface area (TPSA) is 26.0 Å². The van der Waals surface area contributed by atoms with Crippen LogP contribution in [0.2, 0.25) is 5.02 Å². The van der Waals surface area contributed by atoms with Crippen molar-refractivity contribution in [3.63, 3.8) is 0 Å². The second-order valence-corrected chi connectivity index (χ2v) is 5.48. The van der Waals surface area contributed by atoms with E-state index in [1.54, 1.807) is 0 Å². The molecule has 0 heterocycles. The molecule has 2 N–H and O–H groups in total. The van der Waals surface area contributed by atoms with Gasteiger partial charge < -0.3 is 5.73 Å². The van der Waals surface area contributed by atoms with Gasteiger partial charge in [0.15, 0.2) is 0 Å². The zero-order chi connectivity index (χ0) is 12.5. The average molecular weight is 311 g/mol. The van der Waals surface area contributed by atoms with Gasteiger partial charge in [-0.05, 0) is 36.2 Å².